The molecule has 1 amide bonds. The Hall–Kier alpha value is -1.51. The average molecular weight is 286 g/mol. The molecule has 114 valence electrons. The van der Waals surface area contributed by atoms with Crippen molar-refractivity contribution < 1.29 is 4.79 Å². The minimum atomic E-state index is 0.169. The molecule has 0 bridgehead atoms. The highest BCUT2D eigenvalue weighted by molar-refractivity contribution is 6.01. The Labute approximate surface area is 127 Å². The van der Waals surface area contributed by atoms with Crippen molar-refractivity contribution in [1.82, 2.24) is 4.90 Å². The van der Waals surface area contributed by atoms with Crippen molar-refractivity contribution in [3.8, 4) is 0 Å². The fourth-order valence-corrected chi connectivity index (χ4v) is 3.76. The molecule has 2 aliphatic rings. The monoisotopic (exact) mass is 286 g/mol. The van der Waals surface area contributed by atoms with E-state index in [2.05, 4.69) is 24.1 Å². The molecule has 0 saturated heterocycles. The van der Waals surface area contributed by atoms with Gasteiger partial charge in [0.1, 0.15) is 6.17 Å². The molecular formula is C18H26N2O. The first-order valence-electron chi connectivity index (χ1n) is 8.40. The van der Waals surface area contributed by atoms with Crippen molar-refractivity contribution in [1.29, 1.82) is 0 Å². The van der Waals surface area contributed by atoms with Crippen LogP contribution in [-0.4, -0.2) is 23.0 Å². The summed E-state index contributed by atoms with van der Waals surface area (Å²) < 4.78 is 0. The molecule has 3 heteroatoms. The molecule has 3 rings (SSSR count). The Balaban J connectivity index is 1.94. The van der Waals surface area contributed by atoms with Gasteiger partial charge in [-0.15, -0.1) is 0 Å². The zero-order valence-corrected chi connectivity index (χ0v) is 13.1. The first kappa shape index (κ1) is 14.4. The van der Waals surface area contributed by atoms with Crippen LogP contribution in [0.4, 0.5) is 5.69 Å². The zero-order chi connectivity index (χ0) is 14.8. The van der Waals surface area contributed by atoms with Crippen molar-refractivity contribution in [3.63, 3.8) is 0 Å². The summed E-state index contributed by atoms with van der Waals surface area (Å²) in [6.07, 6.45) is 7.58. The van der Waals surface area contributed by atoms with Crippen LogP contribution in [0.2, 0.25) is 0 Å². The normalized spacial score (nSPS) is 24.4. The minimum absolute atomic E-state index is 0.169. The third-order valence-electron chi connectivity index (χ3n) is 5.16. The van der Waals surface area contributed by atoms with Crippen LogP contribution in [0, 0.1) is 5.92 Å². The lowest BCUT2D eigenvalue weighted by Crippen LogP contribution is -2.56. The molecule has 1 aliphatic carbocycles. The molecular weight excluding hydrogens is 260 g/mol. The van der Waals surface area contributed by atoms with E-state index < -0.39 is 0 Å². The molecule has 0 spiro atoms. The number of carbonyl (C=O) groups is 1. The van der Waals surface area contributed by atoms with Gasteiger partial charge in [-0.25, -0.2) is 0 Å². The molecule has 0 unspecified atom stereocenters. The molecule has 1 aromatic rings. The van der Waals surface area contributed by atoms with E-state index in [1.54, 1.807) is 0 Å². The number of anilines is 1. The van der Waals surface area contributed by atoms with Gasteiger partial charge in [0.2, 0.25) is 0 Å². The summed E-state index contributed by atoms with van der Waals surface area (Å²) in [7, 11) is 0. The van der Waals surface area contributed by atoms with Crippen LogP contribution in [0.1, 0.15) is 62.7 Å². The number of benzene rings is 1. The molecule has 0 aromatic heterocycles. The predicted octanol–water partition coefficient (Wildman–Crippen LogP) is 4.26. The fraction of sp³-hybridized carbons (Fsp3) is 0.611. The van der Waals surface area contributed by atoms with Crippen LogP contribution < -0.4 is 5.32 Å². The van der Waals surface area contributed by atoms with Crippen LogP contribution in [0.25, 0.3) is 0 Å². The van der Waals surface area contributed by atoms with Crippen LogP contribution in [-0.2, 0) is 0 Å². The first-order valence-corrected chi connectivity index (χ1v) is 8.40. The molecule has 1 fully saturated rings. The van der Waals surface area contributed by atoms with E-state index in [1.807, 2.05) is 24.3 Å². The maximum absolute atomic E-state index is 13.0. The smallest absolute Gasteiger partial charge is 0.257 e. The summed E-state index contributed by atoms with van der Waals surface area (Å²) >= 11 is 0. The van der Waals surface area contributed by atoms with E-state index in [1.165, 1.54) is 32.1 Å². The molecule has 1 N–H and O–H groups in total. The molecule has 0 radical (unpaired) electrons. The van der Waals surface area contributed by atoms with Gasteiger partial charge in [0.25, 0.3) is 5.91 Å². The number of fused-ring (bicyclic) bond motifs is 1. The summed E-state index contributed by atoms with van der Waals surface area (Å²) in [5, 5.41) is 3.67. The van der Waals surface area contributed by atoms with Gasteiger partial charge in [-0.1, -0.05) is 38.3 Å². The molecule has 1 heterocycles. The third-order valence-corrected chi connectivity index (χ3v) is 5.16. The molecule has 21 heavy (non-hydrogen) atoms. The SMILES string of the molecule is CC[C@@H](C)N1C(=O)c2ccccc2N[C@H]1C1CCCCC1. The Kier molecular flexibility index (Phi) is 4.18. The Morgan fingerprint density at radius 2 is 1.95 bits per heavy atom. The number of hydrogen-bond acceptors (Lipinski definition) is 2. The van der Waals surface area contributed by atoms with Gasteiger partial charge in [-0.2, -0.15) is 0 Å². The van der Waals surface area contributed by atoms with E-state index in [4.69, 9.17) is 0 Å². The summed E-state index contributed by atoms with van der Waals surface area (Å²) in [5.41, 5.74) is 1.84. The summed E-state index contributed by atoms with van der Waals surface area (Å²) in [4.78, 5) is 15.1. The summed E-state index contributed by atoms with van der Waals surface area (Å²) in [6, 6.07) is 8.23. The van der Waals surface area contributed by atoms with Crippen LogP contribution in [0.15, 0.2) is 24.3 Å². The summed E-state index contributed by atoms with van der Waals surface area (Å²) in [6.45, 7) is 4.33. The van der Waals surface area contributed by atoms with E-state index in [9.17, 15) is 4.79 Å². The lowest BCUT2D eigenvalue weighted by atomic mass is 9.84. The second-order valence-corrected chi connectivity index (χ2v) is 6.50. The van der Waals surface area contributed by atoms with E-state index in [-0.39, 0.29) is 18.1 Å². The van der Waals surface area contributed by atoms with Gasteiger partial charge in [-0.05, 0) is 44.2 Å². The van der Waals surface area contributed by atoms with E-state index >= 15 is 0 Å². The molecule has 3 nitrogen and oxygen atoms in total. The van der Waals surface area contributed by atoms with Crippen LogP contribution >= 0.6 is 0 Å². The number of hydrogen-bond donors (Lipinski definition) is 1. The zero-order valence-electron chi connectivity index (χ0n) is 13.1. The maximum atomic E-state index is 13.0. The number of carbonyl (C=O) groups excluding carboxylic acids is 1. The number of amides is 1. The maximum Gasteiger partial charge on any atom is 0.257 e. The highest BCUT2D eigenvalue weighted by Crippen LogP contribution is 2.35. The van der Waals surface area contributed by atoms with Gasteiger partial charge in [0, 0.05) is 11.7 Å². The van der Waals surface area contributed by atoms with Crippen molar-refractivity contribution in [3.05, 3.63) is 29.8 Å². The second kappa shape index (κ2) is 6.08. The van der Waals surface area contributed by atoms with Gasteiger partial charge in [-0.3, -0.25) is 4.79 Å². The number of rotatable bonds is 3. The van der Waals surface area contributed by atoms with Gasteiger partial charge >= 0.3 is 0 Å². The van der Waals surface area contributed by atoms with E-state index in [0.29, 0.717) is 5.92 Å². The fourth-order valence-electron chi connectivity index (χ4n) is 3.76. The Bertz CT molecular complexity index is 508. The van der Waals surface area contributed by atoms with E-state index in [0.717, 1.165) is 17.7 Å². The summed E-state index contributed by atoms with van der Waals surface area (Å²) in [5.74, 6) is 0.791. The standard InChI is InChI=1S/C18H26N2O/c1-3-13(2)20-17(14-9-5-4-6-10-14)19-16-12-8-7-11-15(16)18(20)21/h7-8,11-14,17,19H,3-6,9-10H2,1-2H3/t13-,17-/m1/s1. The molecule has 1 aliphatic heterocycles. The second-order valence-electron chi connectivity index (χ2n) is 6.50. The van der Waals surface area contributed by atoms with Crippen molar-refractivity contribution in [2.24, 2.45) is 5.92 Å². The minimum Gasteiger partial charge on any atom is -0.364 e. The van der Waals surface area contributed by atoms with Crippen molar-refractivity contribution >= 4 is 11.6 Å². The third kappa shape index (κ3) is 2.66. The number of nitrogens with zero attached hydrogens (tertiary/aromatic N) is 1. The highest BCUT2D eigenvalue weighted by Gasteiger charge is 2.38. The number of para-hydroxylation sites is 1. The molecule has 1 aromatic carbocycles. The van der Waals surface area contributed by atoms with Crippen molar-refractivity contribution in [2.75, 3.05) is 5.32 Å². The quantitative estimate of drug-likeness (QED) is 0.900. The van der Waals surface area contributed by atoms with Gasteiger partial charge in [0.05, 0.1) is 5.56 Å². The Morgan fingerprint density at radius 1 is 1.24 bits per heavy atom. The largest absolute Gasteiger partial charge is 0.364 e. The van der Waals surface area contributed by atoms with Crippen LogP contribution in [0.5, 0.6) is 0 Å². The van der Waals surface area contributed by atoms with Crippen molar-refractivity contribution in [2.45, 2.75) is 64.6 Å². The lowest BCUT2D eigenvalue weighted by Gasteiger charge is -2.45. The van der Waals surface area contributed by atoms with Gasteiger partial charge in [0.15, 0.2) is 0 Å². The molecule has 2 atom stereocenters. The number of nitrogens with one attached hydrogen (secondary N) is 1. The predicted molar refractivity (Wildman–Crippen MR) is 86.4 cm³/mol. The first-order chi connectivity index (χ1) is 10.2. The highest BCUT2D eigenvalue weighted by atomic mass is 16.2. The molecule has 1 saturated carbocycles. The lowest BCUT2D eigenvalue weighted by molar-refractivity contribution is 0.0477. The van der Waals surface area contributed by atoms with Gasteiger partial charge < -0.3 is 10.2 Å². The Morgan fingerprint density at radius 3 is 2.67 bits per heavy atom. The average Bonchev–Trinajstić information content (AvgIpc) is 2.55. The van der Waals surface area contributed by atoms with Crippen LogP contribution in [0.3, 0.4) is 0 Å². The topological polar surface area (TPSA) is 32.3 Å².